The van der Waals surface area contributed by atoms with Gasteiger partial charge in [0.15, 0.2) is 0 Å². The molecular formula is C18H21ClN2O3S. The van der Waals surface area contributed by atoms with Crippen molar-refractivity contribution in [3.05, 3.63) is 54.7 Å². The van der Waals surface area contributed by atoms with Gasteiger partial charge < -0.3 is 14.6 Å². The fourth-order valence-corrected chi connectivity index (χ4v) is 3.95. The normalized spacial score (nSPS) is 11.5. The van der Waals surface area contributed by atoms with Crippen LogP contribution in [-0.4, -0.2) is 45.5 Å². The molecule has 0 aliphatic rings. The van der Waals surface area contributed by atoms with E-state index in [4.69, 9.17) is 4.74 Å². The zero-order chi connectivity index (χ0) is 17.2. The van der Waals surface area contributed by atoms with Crippen LogP contribution in [0.3, 0.4) is 0 Å². The van der Waals surface area contributed by atoms with Crippen LogP contribution in [0.15, 0.2) is 64.5 Å². The monoisotopic (exact) mass is 380 g/mol. The van der Waals surface area contributed by atoms with Gasteiger partial charge in [-0.15, -0.1) is 12.4 Å². The molecule has 1 heterocycles. The molecule has 0 aliphatic carbocycles. The summed E-state index contributed by atoms with van der Waals surface area (Å²) >= 11 is 0. The smallest absolute Gasteiger partial charge is 0.208 e. The van der Waals surface area contributed by atoms with Crippen molar-refractivity contribution in [2.24, 2.45) is 0 Å². The number of H-pyrrole nitrogens is 1. The van der Waals surface area contributed by atoms with Gasteiger partial charge in [0.2, 0.25) is 9.84 Å². The molecule has 0 bridgehead atoms. The van der Waals surface area contributed by atoms with Crippen molar-refractivity contribution in [1.82, 2.24) is 9.88 Å². The van der Waals surface area contributed by atoms with Gasteiger partial charge in [-0.2, -0.15) is 0 Å². The summed E-state index contributed by atoms with van der Waals surface area (Å²) in [5.41, 5.74) is 0.700. The molecule has 1 N–H and O–H groups in total. The Hall–Kier alpha value is -2.02. The minimum atomic E-state index is -3.57. The Morgan fingerprint density at radius 3 is 2.44 bits per heavy atom. The van der Waals surface area contributed by atoms with Crippen LogP contribution >= 0.6 is 12.4 Å². The quantitative estimate of drug-likeness (QED) is 0.712. The Morgan fingerprint density at radius 2 is 1.76 bits per heavy atom. The molecule has 0 radical (unpaired) electrons. The maximum Gasteiger partial charge on any atom is 0.208 e. The Morgan fingerprint density at radius 1 is 1.04 bits per heavy atom. The van der Waals surface area contributed by atoms with Crippen molar-refractivity contribution >= 4 is 33.1 Å². The Kier molecular flexibility index (Phi) is 6.11. The highest BCUT2D eigenvalue weighted by atomic mass is 35.5. The first-order valence-electron chi connectivity index (χ1n) is 7.68. The molecule has 3 aromatic rings. The van der Waals surface area contributed by atoms with E-state index in [2.05, 4.69) is 4.98 Å². The number of hydrogen-bond acceptors (Lipinski definition) is 4. The first-order chi connectivity index (χ1) is 11.5. The standard InChI is InChI=1S/C18H20N2O3S.ClH/c1-20(2)11-12-23-16-10-6-9-15-17(13-19-18(15)16)24(21,22)14-7-4-3-5-8-14;/h3-10,13,19H,11-12H2,1-2H3;1H. The van der Waals surface area contributed by atoms with Gasteiger partial charge in [-0.3, -0.25) is 0 Å². The van der Waals surface area contributed by atoms with Crippen LogP contribution in [0.5, 0.6) is 5.75 Å². The van der Waals surface area contributed by atoms with Crippen LogP contribution < -0.4 is 4.74 Å². The average Bonchev–Trinajstić information content (AvgIpc) is 3.01. The van der Waals surface area contributed by atoms with Crippen LogP contribution in [0.2, 0.25) is 0 Å². The first kappa shape index (κ1) is 19.3. The molecular weight excluding hydrogens is 360 g/mol. The molecule has 1 aromatic heterocycles. The topological polar surface area (TPSA) is 62.4 Å². The van der Waals surface area contributed by atoms with Crippen LogP contribution in [0, 0.1) is 0 Å². The van der Waals surface area contributed by atoms with Gasteiger partial charge >= 0.3 is 0 Å². The van der Waals surface area contributed by atoms with E-state index in [1.54, 1.807) is 36.4 Å². The predicted molar refractivity (Wildman–Crippen MR) is 101 cm³/mol. The number of halogens is 1. The number of benzene rings is 2. The number of ether oxygens (including phenoxy) is 1. The molecule has 25 heavy (non-hydrogen) atoms. The number of aromatic nitrogens is 1. The number of hydrogen-bond donors (Lipinski definition) is 1. The van der Waals surface area contributed by atoms with Crippen LogP contribution in [-0.2, 0) is 9.84 Å². The van der Waals surface area contributed by atoms with Gasteiger partial charge in [-0.05, 0) is 32.3 Å². The van der Waals surface area contributed by atoms with Crippen molar-refractivity contribution in [1.29, 1.82) is 0 Å². The van der Waals surface area contributed by atoms with Crippen LogP contribution in [0.25, 0.3) is 10.9 Å². The summed E-state index contributed by atoms with van der Waals surface area (Å²) in [4.78, 5) is 5.63. The first-order valence-corrected chi connectivity index (χ1v) is 9.16. The van der Waals surface area contributed by atoms with E-state index in [-0.39, 0.29) is 22.2 Å². The molecule has 3 rings (SSSR count). The zero-order valence-corrected chi connectivity index (χ0v) is 15.7. The number of nitrogens with zero attached hydrogens (tertiary/aromatic N) is 1. The summed E-state index contributed by atoms with van der Waals surface area (Å²) in [5.74, 6) is 0.656. The molecule has 5 nitrogen and oxygen atoms in total. The lowest BCUT2D eigenvalue weighted by atomic mass is 10.2. The summed E-state index contributed by atoms with van der Waals surface area (Å²) in [5, 5.41) is 0.640. The lowest BCUT2D eigenvalue weighted by Crippen LogP contribution is -2.19. The van der Waals surface area contributed by atoms with Crippen molar-refractivity contribution in [3.8, 4) is 5.75 Å². The fraction of sp³-hybridized carbons (Fsp3) is 0.222. The third-order valence-electron chi connectivity index (χ3n) is 3.78. The molecule has 0 saturated carbocycles. The number of aromatic amines is 1. The molecule has 0 fully saturated rings. The Balaban J connectivity index is 0.00000225. The molecule has 0 spiro atoms. The summed E-state index contributed by atoms with van der Waals surface area (Å²) in [6, 6.07) is 13.9. The summed E-state index contributed by atoms with van der Waals surface area (Å²) in [7, 11) is 0.383. The van der Waals surface area contributed by atoms with Gasteiger partial charge in [0.05, 0.1) is 15.3 Å². The van der Waals surface area contributed by atoms with Gasteiger partial charge in [0.1, 0.15) is 12.4 Å². The molecule has 0 unspecified atom stereocenters. The number of para-hydroxylation sites is 1. The van der Waals surface area contributed by atoms with Crippen LogP contribution in [0.1, 0.15) is 0 Å². The summed E-state index contributed by atoms with van der Waals surface area (Å²) < 4.78 is 31.5. The maximum absolute atomic E-state index is 12.9. The maximum atomic E-state index is 12.9. The summed E-state index contributed by atoms with van der Waals surface area (Å²) in [6.45, 7) is 1.32. The second kappa shape index (κ2) is 7.91. The zero-order valence-electron chi connectivity index (χ0n) is 14.1. The minimum absolute atomic E-state index is 0. The number of fused-ring (bicyclic) bond motifs is 1. The molecule has 0 saturated heterocycles. The minimum Gasteiger partial charge on any atom is -0.490 e. The predicted octanol–water partition coefficient (Wildman–Crippen LogP) is 3.36. The number of nitrogens with one attached hydrogen (secondary N) is 1. The van der Waals surface area contributed by atoms with Crippen molar-refractivity contribution in [3.63, 3.8) is 0 Å². The van der Waals surface area contributed by atoms with Crippen molar-refractivity contribution in [2.75, 3.05) is 27.2 Å². The van der Waals surface area contributed by atoms with E-state index >= 15 is 0 Å². The largest absolute Gasteiger partial charge is 0.490 e. The van der Waals surface area contributed by atoms with E-state index in [0.717, 1.165) is 6.54 Å². The van der Waals surface area contributed by atoms with Crippen molar-refractivity contribution in [2.45, 2.75) is 9.79 Å². The second-order valence-electron chi connectivity index (χ2n) is 5.80. The van der Waals surface area contributed by atoms with Gasteiger partial charge in [-0.1, -0.05) is 30.3 Å². The number of sulfone groups is 1. The molecule has 0 aliphatic heterocycles. The molecule has 134 valence electrons. The van der Waals surface area contributed by atoms with E-state index < -0.39 is 9.84 Å². The third kappa shape index (κ3) is 3.98. The van der Waals surface area contributed by atoms with Crippen molar-refractivity contribution < 1.29 is 13.2 Å². The number of likely N-dealkylation sites (N-methyl/N-ethyl adjacent to an activating group) is 1. The SMILES string of the molecule is CN(C)CCOc1cccc2c(S(=O)(=O)c3ccccc3)c[nH]c12.Cl. The molecule has 2 aromatic carbocycles. The highest BCUT2D eigenvalue weighted by Crippen LogP contribution is 2.32. The van der Waals surface area contributed by atoms with E-state index in [1.807, 2.05) is 31.1 Å². The van der Waals surface area contributed by atoms with E-state index in [9.17, 15) is 8.42 Å². The Labute approximate surface area is 153 Å². The molecule has 7 heteroatoms. The van der Waals surface area contributed by atoms with Crippen LogP contribution in [0.4, 0.5) is 0 Å². The molecule has 0 atom stereocenters. The van der Waals surface area contributed by atoms with E-state index in [1.165, 1.54) is 6.20 Å². The van der Waals surface area contributed by atoms with Gasteiger partial charge in [-0.25, -0.2) is 8.42 Å². The third-order valence-corrected chi connectivity index (χ3v) is 5.59. The summed E-state index contributed by atoms with van der Waals surface area (Å²) in [6.07, 6.45) is 1.53. The van der Waals surface area contributed by atoms with Gasteiger partial charge in [0.25, 0.3) is 0 Å². The number of rotatable bonds is 6. The molecule has 0 amide bonds. The van der Waals surface area contributed by atoms with E-state index in [0.29, 0.717) is 23.3 Å². The highest BCUT2D eigenvalue weighted by Gasteiger charge is 2.22. The fourth-order valence-electron chi connectivity index (χ4n) is 2.51. The highest BCUT2D eigenvalue weighted by molar-refractivity contribution is 7.91. The Bertz CT molecular complexity index is 937. The average molecular weight is 381 g/mol. The van der Waals surface area contributed by atoms with Gasteiger partial charge in [0, 0.05) is 18.1 Å². The second-order valence-corrected chi connectivity index (χ2v) is 7.72. The lowest BCUT2D eigenvalue weighted by molar-refractivity contribution is 0.263. The lowest BCUT2D eigenvalue weighted by Gasteiger charge is -2.11.